The first-order chi connectivity index (χ1) is 9.36. The van der Waals surface area contributed by atoms with Gasteiger partial charge in [0.2, 0.25) is 5.91 Å². The molecule has 1 spiro atoms. The molecule has 0 unspecified atom stereocenters. The Labute approximate surface area is 119 Å². The Hall–Kier alpha value is -1.59. The van der Waals surface area contributed by atoms with E-state index in [1.54, 1.807) is 0 Å². The molecule has 0 aromatic rings. The normalized spacial score (nSPS) is 30.0. The van der Waals surface area contributed by atoms with Crippen LogP contribution < -0.4 is 10.6 Å². The summed E-state index contributed by atoms with van der Waals surface area (Å²) in [5.74, 6) is -0.427. The van der Waals surface area contributed by atoms with Crippen LogP contribution in [0, 0.1) is 5.92 Å². The number of amides is 4. The van der Waals surface area contributed by atoms with Gasteiger partial charge in [0.25, 0.3) is 5.91 Å². The van der Waals surface area contributed by atoms with Crippen molar-refractivity contribution < 1.29 is 14.4 Å². The van der Waals surface area contributed by atoms with Crippen LogP contribution in [0.25, 0.3) is 0 Å². The summed E-state index contributed by atoms with van der Waals surface area (Å²) in [7, 11) is 0. The van der Waals surface area contributed by atoms with E-state index in [4.69, 9.17) is 0 Å². The monoisotopic (exact) mass is 281 g/mol. The summed E-state index contributed by atoms with van der Waals surface area (Å²) in [5.41, 5.74) is -0.784. The summed E-state index contributed by atoms with van der Waals surface area (Å²) in [6.07, 6.45) is 3.61. The van der Waals surface area contributed by atoms with Crippen LogP contribution in [0.4, 0.5) is 4.79 Å². The second-order valence-corrected chi connectivity index (χ2v) is 6.16. The van der Waals surface area contributed by atoms with Crippen molar-refractivity contribution in [1.29, 1.82) is 0 Å². The zero-order chi connectivity index (χ0) is 14.9. The van der Waals surface area contributed by atoms with E-state index in [9.17, 15) is 14.4 Å². The smallest absolute Gasteiger partial charge is 0.325 e. The number of hydrogen-bond donors (Lipinski definition) is 2. The first kappa shape index (κ1) is 14.8. The van der Waals surface area contributed by atoms with Crippen LogP contribution in [0.1, 0.15) is 46.5 Å². The van der Waals surface area contributed by atoms with Crippen LogP contribution in [-0.2, 0) is 9.59 Å². The maximum atomic E-state index is 12.6. The van der Waals surface area contributed by atoms with Gasteiger partial charge in [-0.1, -0.05) is 19.8 Å². The van der Waals surface area contributed by atoms with Gasteiger partial charge in [-0.3, -0.25) is 14.5 Å². The largest absolute Gasteiger partial charge is 0.352 e. The second-order valence-electron chi connectivity index (χ2n) is 6.16. The number of rotatable bonds is 3. The maximum Gasteiger partial charge on any atom is 0.325 e. The lowest BCUT2D eigenvalue weighted by molar-refractivity contribution is -0.137. The molecular weight excluding hydrogens is 258 g/mol. The molecule has 0 aromatic heterocycles. The van der Waals surface area contributed by atoms with Crippen LogP contribution in [-0.4, -0.2) is 40.9 Å². The third-order valence-corrected chi connectivity index (χ3v) is 4.25. The van der Waals surface area contributed by atoms with Crippen LogP contribution in [0.2, 0.25) is 0 Å². The molecule has 112 valence electrons. The van der Waals surface area contributed by atoms with Crippen LogP contribution >= 0.6 is 0 Å². The minimum absolute atomic E-state index is 0.00849. The summed E-state index contributed by atoms with van der Waals surface area (Å²) >= 11 is 0. The average Bonchev–Trinajstić information content (AvgIpc) is 2.58. The number of hydrogen-bond acceptors (Lipinski definition) is 3. The van der Waals surface area contributed by atoms with E-state index >= 15 is 0 Å². The topological polar surface area (TPSA) is 78.5 Å². The summed E-state index contributed by atoms with van der Waals surface area (Å²) in [4.78, 5) is 37.4. The number of carbonyl (C=O) groups is 3. The molecule has 6 nitrogen and oxygen atoms in total. The molecule has 2 rings (SSSR count). The van der Waals surface area contributed by atoms with Crippen LogP contribution in [0.15, 0.2) is 0 Å². The van der Waals surface area contributed by atoms with E-state index in [0.29, 0.717) is 6.42 Å². The minimum atomic E-state index is -0.784. The van der Waals surface area contributed by atoms with Gasteiger partial charge in [0.1, 0.15) is 12.1 Å². The first-order valence-electron chi connectivity index (χ1n) is 7.30. The molecule has 4 amide bonds. The van der Waals surface area contributed by atoms with Crippen molar-refractivity contribution in [2.24, 2.45) is 5.92 Å². The van der Waals surface area contributed by atoms with Gasteiger partial charge in [-0.05, 0) is 32.6 Å². The van der Waals surface area contributed by atoms with Crippen molar-refractivity contribution in [2.45, 2.75) is 58.0 Å². The molecule has 0 bridgehead atoms. The van der Waals surface area contributed by atoms with Gasteiger partial charge in [0.05, 0.1) is 0 Å². The van der Waals surface area contributed by atoms with Crippen molar-refractivity contribution in [3.05, 3.63) is 0 Å². The predicted octanol–water partition coefficient (Wildman–Crippen LogP) is 1.01. The lowest BCUT2D eigenvalue weighted by Gasteiger charge is -2.36. The highest BCUT2D eigenvalue weighted by atomic mass is 16.2. The number of imide groups is 1. The van der Waals surface area contributed by atoms with E-state index in [-0.39, 0.29) is 30.3 Å². The Balaban J connectivity index is 2.11. The van der Waals surface area contributed by atoms with Gasteiger partial charge < -0.3 is 10.6 Å². The average molecular weight is 281 g/mol. The van der Waals surface area contributed by atoms with Crippen LogP contribution in [0.3, 0.4) is 0 Å². The fourth-order valence-electron chi connectivity index (χ4n) is 3.15. The zero-order valence-corrected chi connectivity index (χ0v) is 12.4. The molecule has 1 saturated carbocycles. The number of nitrogens with one attached hydrogen (secondary N) is 2. The molecular formula is C14H23N3O3. The SMILES string of the molecule is CC(C)NC(=O)CN1C(=O)N[C@@]2(CCCC[C@H]2C)C1=O. The molecule has 6 heteroatoms. The predicted molar refractivity (Wildman–Crippen MR) is 73.9 cm³/mol. The van der Waals surface area contributed by atoms with Gasteiger partial charge in [-0.25, -0.2) is 4.79 Å². The van der Waals surface area contributed by atoms with Crippen molar-refractivity contribution >= 4 is 17.8 Å². The molecule has 2 aliphatic rings. The fourth-order valence-corrected chi connectivity index (χ4v) is 3.15. The molecule has 1 aliphatic carbocycles. The summed E-state index contributed by atoms with van der Waals surface area (Å²) in [6, 6.07) is -0.450. The standard InChI is InChI=1S/C14H23N3O3/c1-9(2)15-11(18)8-17-12(19)14(16-13(17)20)7-5-4-6-10(14)3/h9-10H,4-8H2,1-3H3,(H,15,18)(H,16,20)/t10-,14-/m1/s1. The second kappa shape index (κ2) is 5.42. The van der Waals surface area contributed by atoms with Crippen molar-refractivity contribution in [3.63, 3.8) is 0 Å². The van der Waals surface area contributed by atoms with Crippen molar-refractivity contribution in [3.8, 4) is 0 Å². The molecule has 1 aliphatic heterocycles. The summed E-state index contributed by atoms with van der Waals surface area (Å²) < 4.78 is 0. The molecule has 1 saturated heterocycles. The lowest BCUT2D eigenvalue weighted by atomic mass is 9.73. The van der Waals surface area contributed by atoms with Gasteiger partial charge >= 0.3 is 6.03 Å². The van der Waals surface area contributed by atoms with E-state index in [1.807, 2.05) is 20.8 Å². The Morgan fingerprint density at radius 2 is 2.15 bits per heavy atom. The molecule has 2 atom stereocenters. The van der Waals surface area contributed by atoms with E-state index in [0.717, 1.165) is 24.2 Å². The minimum Gasteiger partial charge on any atom is -0.352 e. The Morgan fingerprint density at radius 3 is 2.75 bits per heavy atom. The third-order valence-electron chi connectivity index (χ3n) is 4.25. The lowest BCUT2D eigenvalue weighted by Crippen LogP contribution is -2.54. The third kappa shape index (κ3) is 2.51. The molecule has 2 N–H and O–H groups in total. The highest BCUT2D eigenvalue weighted by molar-refractivity contribution is 6.09. The summed E-state index contributed by atoms with van der Waals surface area (Å²) in [6.45, 7) is 5.48. The van der Waals surface area contributed by atoms with Gasteiger partial charge in [0.15, 0.2) is 0 Å². The Kier molecular flexibility index (Phi) is 4.01. The van der Waals surface area contributed by atoms with E-state index in [2.05, 4.69) is 10.6 Å². The Bertz CT molecular complexity index is 435. The van der Waals surface area contributed by atoms with Crippen molar-refractivity contribution in [1.82, 2.24) is 15.5 Å². The number of carbonyl (C=O) groups excluding carboxylic acids is 3. The highest BCUT2D eigenvalue weighted by Crippen LogP contribution is 2.38. The summed E-state index contributed by atoms with van der Waals surface area (Å²) in [5, 5.41) is 5.54. The quantitative estimate of drug-likeness (QED) is 0.758. The maximum absolute atomic E-state index is 12.6. The number of nitrogens with zero attached hydrogens (tertiary/aromatic N) is 1. The van der Waals surface area contributed by atoms with Gasteiger partial charge in [0, 0.05) is 6.04 Å². The molecule has 0 radical (unpaired) electrons. The molecule has 2 fully saturated rings. The molecule has 20 heavy (non-hydrogen) atoms. The Morgan fingerprint density at radius 1 is 1.45 bits per heavy atom. The van der Waals surface area contributed by atoms with Crippen LogP contribution in [0.5, 0.6) is 0 Å². The first-order valence-corrected chi connectivity index (χ1v) is 7.30. The van der Waals surface area contributed by atoms with E-state index < -0.39 is 11.6 Å². The van der Waals surface area contributed by atoms with Gasteiger partial charge in [-0.2, -0.15) is 0 Å². The zero-order valence-electron chi connectivity index (χ0n) is 12.4. The number of urea groups is 1. The highest BCUT2D eigenvalue weighted by Gasteiger charge is 2.55. The van der Waals surface area contributed by atoms with E-state index in [1.165, 1.54) is 0 Å². The molecule has 0 aromatic carbocycles. The fraction of sp³-hybridized carbons (Fsp3) is 0.786. The van der Waals surface area contributed by atoms with Gasteiger partial charge in [-0.15, -0.1) is 0 Å². The van der Waals surface area contributed by atoms with Crippen molar-refractivity contribution in [2.75, 3.05) is 6.54 Å². The molecule has 1 heterocycles.